The van der Waals surface area contributed by atoms with Gasteiger partial charge >= 0.3 is 118 Å². The Balaban J connectivity index is -0.0000000161. The van der Waals surface area contributed by atoms with Gasteiger partial charge in [-0.15, -0.1) is 0 Å². The Kier molecular flexibility index (Phi) is 132. The van der Waals surface area contributed by atoms with Gasteiger partial charge in [-0.25, -0.2) is 10.8 Å². The summed E-state index contributed by atoms with van der Waals surface area (Å²) >= 11 is 0. The Morgan fingerprint density at radius 3 is 0.583 bits per heavy atom. The third-order valence-electron chi connectivity index (χ3n) is 0.0625. The molecule has 0 radical (unpaired) electrons. The molecule has 0 aliphatic heterocycles. The second kappa shape index (κ2) is 56.4. The van der Waals surface area contributed by atoms with Crippen LogP contribution in [-0.2, 0) is 19.2 Å². The van der Waals surface area contributed by atoms with Crippen molar-refractivity contribution in [1.82, 2.24) is 0 Å². The molecule has 116 valence electrons. The number of carboxylic acids is 4. The van der Waals surface area contributed by atoms with E-state index in [1.807, 2.05) is 0 Å². The van der Waals surface area contributed by atoms with Gasteiger partial charge in [0.05, 0.1) is 11.7 Å². The minimum Gasteiger partial charge on any atom is -0.550 e. The molecule has 0 rings (SSSR count). The number of hydrogen-bond acceptors (Lipinski definition) is 10. The number of carbonyl (C=O) groups is 4. The van der Waals surface area contributed by atoms with Crippen molar-refractivity contribution in [2.24, 2.45) is 0 Å². The summed E-state index contributed by atoms with van der Waals surface area (Å²) in [6.07, 6.45) is 0. The molecule has 0 aliphatic carbocycles. The second-order valence-electron chi connectivity index (χ2n) is 2.22. The molecular formula is C10H14N2Na4O8. The third-order valence-corrected chi connectivity index (χ3v) is 0.0625. The van der Waals surface area contributed by atoms with Crippen LogP contribution in [0.4, 0.5) is 0 Å². The van der Waals surface area contributed by atoms with Crippen LogP contribution in [0.5, 0.6) is 0 Å². The molecule has 0 fully saturated rings. The molecule has 0 aromatic carbocycles. The van der Waals surface area contributed by atoms with E-state index in [2.05, 4.69) is 0 Å². The van der Waals surface area contributed by atoms with Crippen LogP contribution < -0.4 is 139 Å². The van der Waals surface area contributed by atoms with E-state index in [1.54, 1.807) is 11.7 Å². The number of hydrogen-bond donors (Lipinski definition) is 2. The van der Waals surface area contributed by atoms with Crippen molar-refractivity contribution in [2.75, 3.05) is 0 Å². The Hall–Kier alpha value is 1.04. The number of carbonyl (C=O) groups excluding carboxylic acids is 4. The topological polar surface area (TPSA) is 208 Å². The molecule has 0 heterocycles. The van der Waals surface area contributed by atoms with Crippen molar-refractivity contribution < 1.29 is 158 Å². The standard InChI is InChI=1S/C2H2N2.4C2H4O2.4Na/c3-1-2-4;4*1-2(3)4;;;;/h3-4H;4*1H3,(H,3,4);;;;/q;;;;;4*+1/p-4. The van der Waals surface area contributed by atoms with Gasteiger partial charge < -0.3 is 39.6 Å². The fourth-order valence-electron chi connectivity index (χ4n) is 0. The Labute approximate surface area is 228 Å². The normalized spacial score (nSPS) is 4.67. The van der Waals surface area contributed by atoms with Crippen LogP contribution >= 0.6 is 0 Å². The number of aliphatic carboxylic acids is 4. The van der Waals surface area contributed by atoms with Crippen molar-refractivity contribution in [3.05, 3.63) is 0 Å². The van der Waals surface area contributed by atoms with E-state index in [0.29, 0.717) is 0 Å². The molecular weight excluding hydrogens is 368 g/mol. The first-order chi connectivity index (χ1) is 8.84. The van der Waals surface area contributed by atoms with Gasteiger partial charge in [-0.2, -0.15) is 0 Å². The van der Waals surface area contributed by atoms with E-state index in [9.17, 15) is 0 Å². The zero-order valence-corrected chi connectivity index (χ0v) is 23.3. The Morgan fingerprint density at radius 2 is 0.583 bits per heavy atom. The van der Waals surface area contributed by atoms with Crippen LogP contribution in [0, 0.1) is 10.8 Å². The van der Waals surface area contributed by atoms with Crippen molar-refractivity contribution in [3.8, 4) is 0 Å². The average molecular weight is 382 g/mol. The number of rotatable bonds is 0. The first-order valence-electron chi connectivity index (χ1n) is 4.38. The summed E-state index contributed by atoms with van der Waals surface area (Å²) in [4.78, 5) is 35.6. The van der Waals surface area contributed by atoms with Crippen molar-refractivity contribution in [3.63, 3.8) is 0 Å². The Bertz CT molecular complexity index is 296. The zero-order chi connectivity index (χ0) is 17.7. The molecule has 0 aromatic rings. The van der Waals surface area contributed by atoms with E-state index in [4.69, 9.17) is 50.4 Å². The Morgan fingerprint density at radius 1 is 0.542 bits per heavy atom. The summed E-state index contributed by atoms with van der Waals surface area (Å²) in [6, 6.07) is 0. The predicted octanol–water partition coefficient (Wildman–Crippen LogP) is -16.9. The first-order valence-corrected chi connectivity index (χ1v) is 4.38. The predicted molar refractivity (Wildman–Crippen MR) is 58.2 cm³/mol. The van der Waals surface area contributed by atoms with Crippen molar-refractivity contribution >= 4 is 35.6 Å². The molecule has 24 heavy (non-hydrogen) atoms. The minimum atomic E-state index is -1.08. The summed E-state index contributed by atoms with van der Waals surface area (Å²) in [6.45, 7) is 3.89. The number of nitrogens with one attached hydrogen (secondary N) is 2. The SMILES string of the molecule is CC(=O)[O-].CC(=O)[O-].CC(=O)[O-].CC(=O)[O-].N=C=C=N.[Na+].[Na+].[Na+].[Na+]. The largest absolute Gasteiger partial charge is 1.00 e. The van der Waals surface area contributed by atoms with E-state index in [1.165, 1.54) is 0 Å². The maximum Gasteiger partial charge on any atom is 1.00 e. The molecule has 0 saturated heterocycles. The monoisotopic (exact) mass is 382 g/mol. The van der Waals surface area contributed by atoms with Crippen LogP contribution in [0.3, 0.4) is 0 Å². The van der Waals surface area contributed by atoms with Crippen molar-refractivity contribution in [1.29, 1.82) is 10.8 Å². The summed E-state index contributed by atoms with van der Waals surface area (Å²) < 4.78 is 0. The summed E-state index contributed by atoms with van der Waals surface area (Å²) in [5.74, 6) is -1.14. The molecule has 2 N–H and O–H groups in total. The smallest absolute Gasteiger partial charge is 0.550 e. The molecule has 0 saturated carbocycles. The van der Waals surface area contributed by atoms with Crippen LogP contribution in [-0.4, -0.2) is 35.6 Å². The van der Waals surface area contributed by atoms with E-state index >= 15 is 0 Å². The maximum absolute atomic E-state index is 8.89. The van der Waals surface area contributed by atoms with Gasteiger partial charge in [-0.05, 0) is 27.7 Å². The second-order valence-corrected chi connectivity index (χ2v) is 2.22. The first kappa shape index (κ1) is 56.2. The van der Waals surface area contributed by atoms with E-state index < -0.39 is 23.9 Å². The molecule has 10 nitrogen and oxygen atoms in total. The molecule has 0 aromatic heterocycles. The quantitative estimate of drug-likeness (QED) is 0.303. The van der Waals surface area contributed by atoms with Crippen LogP contribution in [0.15, 0.2) is 0 Å². The molecule has 0 unspecified atom stereocenters. The van der Waals surface area contributed by atoms with Gasteiger partial charge in [0.25, 0.3) is 0 Å². The van der Waals surface area contributed by atoms with Crippen LogP contribution in [0.25, 0.3) is 0 Å². The number of carboxylic acid groups (broad SMARTS) is 4. The van der Waals surface area contributed by atoms with Gasteiger partial charge in [0, 0.05) is 23.9 Å². The summed E-state index contributed by atoms with van der Waals surface area (Å²) in [7, 11) is 0. The maximum atomic E-state index is 8.89. The van der Waals surface area contributed by atoms with E-state index in [-0.39, 0.29) is 118 Å². The molecule has 0 atom stereocenters. The van der Waals surface area contributed by atoms with Gasteiger partial charge in [0.1, 0.15) is 0 Å². The van der Waals surface area contributed by atoms with Gasteiger partial charge in [0.15, 0.2) is 0 Å². The van der Waals surface area contributed by atoms with Crippen LogP contribution in [0.2, 0.25) is 0 Å². The fourth-order valence-corrected chi connectivity index (χ4v) is 0. The molecule has 0 aliphatic rings. The van der Waals surface area contributed by atoms with Crippen molar-refractivity contribution in [2.45, 2.75) is 27.7 Å². The average Bonchev–Trinajstić information content (AvgIpc) is 2.13. The van der Waals surface area contributed by atoms with Gasteiger partial charge in [0.2, 0.25) is 0 Å². The molecule has 0 amide bonds. The summed E-state index contributed by atoms with van der Waals surface area (Å²) in [5.41, 5.74) is 0. The van der Waals surface area contributed by atoms with Crippen LogP contribution in [0.1, 0.15) is 27.7 Å². The zero-order valence-electron chi connectivity index (χ0n) is 15.3. The molecule has 0 spiro atoms. The summed E-state index contributed by atoms with van der Waals surface area (Å²) in [5, 5.41) is 47.4. The third kappa shape index (κ3) is 2690. The fraction of sp³-hybridized carbons (Fsp3) is 0.400. The van der Waals surface area contributed by atoms with Gasteiger partial charge in [-0.1, -0.05) is 0 Å². The van der Waals surface area contributed by atoms with Gasteiger partial charge in [-0.3, -0.25) is 0 Å². The molecule has 14 heteroatoms. The van der Waals surface area contributed by atoms with E-state index in [0.717, 1.165) is 27.7 Å². The molecule has 0 bridgehead atoms. The minimum absolute atomic E-state index is 0.